The largest absolute Gasteiger partial charge is 0.489 e. The molecule has 0 saturated carbocycles. The second kappa shape index (κ2) is 5.72. The highest BCUT2D eigenvalue weighted by atomic mass is 16.5. The molecule has 1 aromatic rings. The van der Waals surface area contributed by atoms with E-state index in [9.17, 15) is 0 Å². The molecule has 3 nitrogen and oxygen atoms in total. The predicted molar refractivity (Wildman–Crippen MR) is 81.9 cm³/mol. The first-order valence-electron chi connectivity index (χ1n) is 7.33. The van der Waals surface area contributed by atoms with Crippen LogP contribution in [0, 0.1) is 0 Å². The molecule has 0 aromatic heterocycles. The molecule has 3 heteroatoms. The summed E-state index contributed by atoms with van der Waals surface area (Å²) in [5.41, 5.74) is 7.94. The molecule has 1 aliphatic rings. The summed E-state index contributed by atoms with van der Waals surface area (Å²) in [6.07, 6.45) is 3.99. The molecule has 0 radical (unpaired) electrons. The highest BCUT2D eigenvalue weighted by Crippen LogP contribution is 2.34. The first kappa shape index (κ1) is 14.0. The van der Waals surface area contributed by atoms with E-state index in [1.54, 1.807) is 0 Å². The lowest BCUT2D eigenvalue weighted by Gasteiger charge is -2.41. The molecule has 0 bridgehead atoms. The number of hydrogen-bond acceptors (Lipinski definition) is 3. The Balaban J connectivity index is 2.28. The third-order valence-corrected chi connectivity index (χ3v) is 3.85. The number of rotatable bonds is 3. The van der Waals surface area contributed by atoms with E-state index in [0.29, 0.717) is 12.1 Å². The summed E-state index contributed by atoms with van der Waals surface area (Å²) in [5, 5.41) is 0. The van der Waals surface area contributed by atoms with Crippen LogP contribution in [0.3, 0.4) is 0 Å². The van der Waals surface area contributed by atoms with Crippen LogP contribution < -0.4 is 15.4 Å². The molecule has 2 rings (SSSR count). The van der Waals surface area contributed by atoms with E-state index < -0.39 is 0 Å². The number of nitrogen functional groups attached to an aromatic ring is 1. The van der Waals surface area contributed by atoms with Gasteiger partial charge in [0.25, 0.3) is 0 Å². The van der Waals surface area contributed by atoms with Crippen molar-refractivity contribution in [2.24, 2.45) is 0 Å². The third kappa shape index (κ3) is 3.14. The van der Waals surface area contributed by atoms with Gasteiger partial charge in [-0.1, -0.05) is 0 Å². The van der Waals surface area contributed by atoms with Gasteiger partial charge in [0.05, 0.1) is 11.8 Å². The van der Waals surface area contributed by atoms with Gasteiger partial charge in [-0.3, -0.25) is 0 Å². The van der Waals surface area contributed by atoms with Gasteiger partial charge in [0.2, 0.25) is 0 Å². The zero-order chi connectivity index (χ0) is 14.0. The lowest BCUT2D eigenvalue weighted by molar-refractivity contribution is 0.244. The van der Waals surface area contributed by atoms with Gasteiger partial charge in [-0.05, 0) is 59.1 Å². The van der Waals surface area contributed by atoms with Crippen LogP contribution in [0.4, 0.5) is 11.4 Å². The van der Waals surface area contributed by atoms with Crippen molar-refractivity contribution in [2.45, 2.75) is 65.1 Å². The van der Waals surface area contributed by atoms with E-state index in [1.165, 1.54) is 24.9 Å². The van der Waals surface area contributed by atoms with Gasteiger partial charge < -0.3 is 15.4 Å². The van der Waals surface area contributed by atoms with Crippen molar-refractivity contribution in [3.05, 3.63) is 18.2 Å². The fraction of sp³-hybridized carbons (Fsp3) is 0.625. The standard InChI is InChI=1S/C16H26N2O/c1-11(2)19-16-10-14(8-9-15(16)17)18-12(3)6-5-7-13(18)4/h8-13H,5-7,17H2,1-4H3. The minimum absolute atomic E-state index is 0.147. The van der Waals surface area contributed by atoms with Gasteiger partial charge in [-0.2, -0.15) is 0 Å². The first-order valence-corrected chi connectivity index (χ1v) is 7.33. The number of benzene rings is 1. The maximum atomic E-state index is 5.99. The lowest BCUT2D eigenvalue weighted by atomic mass is 9.96. The van der Waals surface area contributed by atoms with Gasteiger partial charge in [0.15, 0.2) is 0 Å². The lowest BCUT2D eigenvalue weighted by Crippen LogP contribution is -2.43. The molecular weight excluding hydrogens is 236 g/mol. The first-order chi connectivity index (χ1) is 8.99. The molecular formula is C16H26N2O. The van der Waals surface area contributed by atoms with E-state index >= 15 is 0 Å². The number of hydrogen-bond donors (Lipinski definition) is 1. The molecule has 2 N–H and O–H groups in total. The molecule has 1 aliphatic heterocycles. The van der Waals surface area contributed by atoms with E-state index in [4.69, 9.17) is 10.5 Å². The maximum absolute atomic E-state index is 5.99. The SMILES string of the molecule is CC(C)Oc1cc(N2C(C)CCCC2C)ccc1N. The van der Waals surface area contributed by atoms with Crippen LogP contribution >= 0.6 is 0 Å². The molecule has 19 heavy (non-hydrogen) atoms. The minimum Gasteiger partial charge on any atom is -0.489 e. The number of nitrogens with two attached hydrogens (primary N) is 1. The summed E-state index contributed by atoms with van der Waals surface area (Å²) in [6, 6.07) is 7.33. The highest BCUT2D eigenvalue weighted by Gasteiger charge is 2.25. The summed E-state index contributed by atoms with van der Waals surface area (Å²) in [6.45, 7) is 8.65. The Hall–Kier alpha value is -1.38. The molecule has 0 spiro atoms. The van der Waals surface area contributed by atoms with Gasteiger partial charge >= 0.3 is 0 Å². The number of piperidine rings is 1. The molecule has 2 unspecified atom stereocenters. The van der Waals surface area contributed by atoms with E-state index in [-0.39, 0.29) is 6.10 Å². The Labute approximate surface area is 116 Å². The highest BCUT2D eigenvalue weighted by molar-refractivity contribution is 5.63. The maximum Gasteiger partial charge on any atom is 0.144 e. The normalized spacial score (nSPS) is 23.7. The minimum atomic E-state index is 0.147. The van der Waals surface area contributed by atoms with Crippen LogP contribution in [0.15, 0.2) is 18.2 Å². The van der Waals surface area contributed by atoms with Crippen LogP contribution in [-0.2, 0) is 0 Å². The number of anilines is 2. The van der Waals surface area contributed by atoms with Crippen molar-refractivity contribution < 1.29 is 4.74 Å². The van der Waals surface area contributed by atoms with E-state index in [1.807, 2.05) is 19.9 Å². The Kier molecular flexibility index (Phi) is 4.23. The molecule has 1 saturated heterocycles. The molecule has 0 amide bonds. The number of ether oxygens (including phenoxy) is 1. The zero-order valence-corrected chi connectivity index (χ0v) is 12.5. The van der Waals surface area contributed by atoms with Crippen molar-refractivity contribution in [2.75, 3.05) is 10.6 Å². The van der Waals surface area contributed by atoms with E-state index in [2.05, 4.69) is 30.9 Å². The molecule has 0 aliphatic carbocycles. The van der Waals surface area contributed by atoms with Crippen LogP contribution in [0.1, 0.15) is 47.0 Å². The van der Waals surface area contributed by atoms with Gasteiger partial charge in [0.1, 0.15) is 5.75 Å². The summed E-state index contributed by atoms with van der Waals surface area (Å²) >= 11 is 0. The Bertz CT molecular complexity index is 421. The van der Waals surface area contributed by atoms with Crippen molar-refractivity contribution >= 4 is 11.4 Å². The average Bonchev–Trinajstić information content (AvgIpc) is 2.32. The van der Waals surface area contributed by atoms with Gasteiger partial charge in [0, 0.05) is 23.8 Å². The monoisotopic (exact) mass is 262 g/mol. The molecule has 1 heterocycles. The Morgan fingerprint density at radius 3 is 2.42 bits per heavy atom. The van der Waals surface area contributed by atoms with Gasteiger partial charge in [-0.25, -0.2) is 0 Å². The Morgan fingerprint density at radius 2 is 1.84 bits per heavy atom. The van der Waals surface area contributed by atoms with Crippen LogP contribution in [-0.4, -0.2) is 18.2 Å². The van der Waals surface area contributed by atoms with E-state index in [0.717, 1.165) is 11.4 Å². The smallest absolute Gasteiger partial charge is 0.144 e. The van der Waals surface area contributed by atoms with Crippen LogP contribution in [0.25, 0.3) is 0 Å². The Morgan fingerprint density at radius 1 is 1.21 bits per heavy atom. The zero-order valence-electron chi connectivity index (χ0n) is 12.5. The van der Waals surface area contributed by atoms with Crippen molar-refractivity contribution in [3.8, 4) is 5.75 Å². The second-order valence-corrected chi connectivity index (χ2v) is 5.92. The van der Waals surface area contributed by atoms with Crippen LogP contribution in [0.2, 0.25) is 0 Å². The van der Waals surface area contributed by atoms with Crippen molar-refractivity contribution in [1.82, 2.24) is 0 Å². The molecule has 1 aromatic carbocycles. The third-order valence-electron chi connectivity index (χ3n) is 3.85. The topological polar surface area (TPSA) is 38.5 Å². The summed E-state index contributed by atoms with van der Waals surface area (Å²) < 4.78 is 5.80. The van der Waals surface area contributed by atoms with Crippen LogP contribution in [0.5, 0.6) is 5.75 Å². The average molecular weight is 262 g/mol. The molecule has 106 valence electrons. The summed E-state index contributed by atoms with van der Waals surface area (Å²) in [5.74, 6) is 0.803. The second-order valence-electron chi connectivity index (χ2n) is 5.92. The van der Waals surface area contributed by atoms with Gasteiger partial charge in [-0.15, -0.1) is 0 Å². The summed E-state index contributed by atoms with van der Waals surface area (Å²) in [4.78, 5) is 2.50. The predicted octanol–water partition coefficient (Wildman–Crippen LogP) is 3.82. The fourth-order valence-corrected chi connectivity index (χ4v) is 2.97. The summed E-state index contributed by atoms with van der Waals surface area (Å²) in [7, 11) is 0. The number of nitrogens with zero attached hydrogens (tertiary/aromatic N) is 1. The van der Waals surface area contributed by atoms with Crippen molar-refractivity contribution in [3.63, 3.8) is 0 Å². The fourth-order valence-electron chi connectivity index (χ4n) is 2.97. The quantitative estimate of drug-likeness (QED) is 0.841. The van der Waals surface area contributed by atoms with Crippen molar-refractivity contribution in [1.29, 1.82) is 0 Å². The molecule has 2 atom stereocenters. The molecule has 1 fully saturated rings.